The number of hydrogen-bond donors (Lipinski definition) is 0. The third-order valence-electron chi connectivity index (χ3n) is 7.12. The molecular weight excluding hydrogens is 188 g/mol. The van der Waals surface area contributed by atoms with E-state index in [1.54, 1.807) is 0 Å². The molecule has 2 bridgehead atoms. The second kappa shape index (κ2) is 1.46. The number of ketones is 2. The minimum absolute atomic E-state index is 0.218. The molecule has 2 nitrogen and oxygen atoms in total. The molecule has 0 aromatic heterocycles. The maximum atomic E-state index is 12.2. The van der Waals surface area contributed by atoms with Crippen LogP contribution in [0.2, 0.25) is 0 Å². The van der Waals surface area contributed by atoms with E-state index in [0.717, 1.165) is 0 Å². The van der Waals surface area contributed by atoms with Crippen molar-refractivity contribution >= 4 is 11.6 Å². The summed E-state index contributed by atoms with van der Waals surface area (Å²) in [5, 5.41) is 0. The van der Waals surface area contributed by atoms with Crippen molar-refractivity contribution in [1.82, 2.24) is 0 Å². The summed E-state index contributed by atoms with van der Waals surface area (Å²) in [5.74, 6) is 4.63. The predicted molar refractivity (Wildman–Crippen MR) is 49.6 cm³/mol. The molecule has 0 amide bonds. The molecule has 76 valence electrons. The lowest BCUT2D eigenvalue weighted by molar-refractivity contribution is -0.145. The Morgan fingerprint density at radius 3 is 1.67 bits per heavy atom. The molecule has 6 rings (SSSR count). The van der Waals surface area contributed by atoms with Gasteiger partial charge in [0.2, 0.25) is 0 Å². The van der Waals surface area contributed by atoms with Crippen molar-refractivity contribution in [3.05, 3.63) is 0 Å². The maximum Gasteiger partial charge on any atom is 0.141 e. The number of fused-ring (bicyclic) bond motifs is 2. The second-order valence-electron chi connectivity index (χ2n) is 6.85. The van der Waals surface area contributed by atoms with Gasteiger partial charge in [-0.05, 0) is 41.9 Å². The van der Waals surface area contributed by atoms with Crippen LogP contribution >= 0.6 is 0 Å². The molecule has 8 atom stereocenters. The van der Waals surface area contributed by atoms with E-state index in [0.29, 0.717) is 40.7 Å². The van der Waals surface area contributed by atoms with Gasteiger partial charge in [0.1, 0.15) is 11.6 Å². The molecule has 0 aromatic rings. The monoisotopic (exact) mass is 200 g/mol. The standard InChI is InChI=1S/C13H12O2/c14-11-5-3-4-6(5)12(15)8-7(11)9(3)13(1-2-13)10(4)8/h3-10H,1-2H2. The van der Waals surface area contributed by atoms with Gasteiger partial charge >= 0.3 is 0 Å². The summed E-state index contributed by atoms with van der Waals surface area (Å²) in [6.07, 6.45) is 2.67. The Labute approximate surface area is 87.4 Å². The van der Waals surface area contributed by atoms with Crippen molar-refractivity contribution in [3.63, 3.8) is 0 Å². The average molecular weight is 200 g/mol. The van der Waals surface area contributed by atoms with Crippen LogP contribution in [0.5, 0.6) is 0 Å². The first-order valence-corrected chi connectivity index (χ1v) is 6.35. The fourth-order valence-electron chi connectivity index (χ4n) is 7.06. The molecule has 6 saturated carbocycles. The minimum Gasteiger partial charge on any atom is -0.299 e. The van der Waals surface area contributed by atoms with E-state index >= 15 is 0 Å². The first-order chi connectivity index (χ1) is 7.27. The van der Waals surface area contributed by atoms with Crippen molar-refractivity contribution in [1.29, 1.82) is 0 Å². The van der Waals surface area contributed by atoms with E-state index in [-0.39, 0.29) is 23.7 Å². The Balaban J connectivity index is 1.77. The summed E-state index contributed by atoms with van der Waals surface area (Å²) in [6.45, 7) is 0. The lowest BCUT2D eigenvalue weighted by atomic mass is 9.59. The van der Waals surface area contributed by atoms with Gasteiger partial charge in [0.05, 0.1) is 0 Å². The topological polar surface area (TPSA) is 34.1 Å². The fraction of sp³-hybridized carbons (Fsp3) is 0.846. The molecule has 0 N–H and O–H groups in total. The van der Waals surface area contributed by atoms with Crippen molar-refractivity contribution < 1.29 is 9.59 Å². The molecule has 0 aliphatic heterocycles. The van der Waals surface area contributed by atoms with Crippen LogP contribution in [0.15, 0.2) is 0 Å². The van der Waals surface area contributed by atoms with Crippen LogP contribution in [0.25, 0.3) is 0 Å². The highest BCUT2D eigenvalue weighted by Crippen LogP contribution is 2.90. The van der Waals surface area contributed by atoms with E-state index in [9.17, 15) is 9.59 Å². The number of carbonyl (C=O) groups excluding carboxylic acids is 2. The Bertz CT molecular complexity index is 435. The zero-order valence-corrected chi connectivity index (χ0v) is 8.35. The van der Waals surface area contributed by atoms with Crippen LogP contribution in [0.4, 0.5) is 0 Å². The van der Waals surface area contributed by atoms with Crippen LogP contribution in [-0.2, 0) is 9.59 Å². The first-order valence-electron chi connectivity index (χ1n) is 6.35. The molecule has 0 radical (unpaired) electrons. The van der Waals surface area contributed by atoms with E-state index in [1.165, 1.54) is 12.8 Å². The quantitative estimate of drug-likeness (QED) is 0.582. The number of hydrogen-bond acceptors (Lipinski definition) is 2. The van der Waals surface area contributed by atoms with Crippen molar-refractivity contribution in [2.75, 3.05) is 0 Å². The van der Waals surface area contributed by atoms with E-state index in [4.69, 9.17) is 0 Å². The Kier molecular flexibility index (Phi) is 0.663. The smallest absolute Gasteiger partial charge is 0.141 e. The molecule has 6 aliphatic carbocycles. The number of rotatable bonds is 0. The Morgan fingerprint density at radius 2 is 1.27 bits per heavy atom. The van der Waals surface area contributed by atoms with Crippen LogP contribution in [0.3, 0.4) is 0 Å². The van der Waals surface area contributed by atoms with E-state index in [2.05, 4.69) is 0 Å². The summed E-state index contributed by atoms with van der Waals surface area (Å²) < 4.78 is 0. The Morgan fingerprint density at radius 1 is 0.800 bits per heavy atom. The summed E-state index contributed by atoms with van der Waals surface area (Å²) in [7, 11) is 0. The van der Waals surface area contributed by atoms with Gasteiger partial charge in [-0.2, -0.15) is 0 Å². The van der Waals surface area contributed by atoms with Crippen LogP contribution in [-0.4, -0.2) is 11.6 Å². The maximum absolute atomic E-state index is 12.2. The highest BCUT2D eigenvalue weighted by atomic mass is 16.1. The highest BCUT2D eigenvalue weighted by molar-refractivity contribution is 6.07. The van der Waals surface area contributed by atoms with Gasteiger partial charge < -0.3 is 0 Å². The van der Waals surface area contributed by atoms with Gasteiger partial charge in [-0.1, -0.05) is 0 Å². The molecule has 1 spiro atoms. The zero-order valence-electron chi connectivity index (χ0n) is 8.35. The lowest BCUT2D eigenvalue weighted by Crippen LogP contribution is -2.47. The van der Waals surface area contributed by atoms with Gasteiger partial charge in [-0.25, -0.2) is 0 Å². The van der Waals surface area contributed by atoms with Crippen molar-refractivity contribution in [2.45, 2.75) is 12.8 Å². The summed E-state index contributed by atoms with van der Waals surface area (Å²) in [6, 6.07) is 0. The minimum atomic E-state index is 0.218. The summed E-state index contributed by atoms with van der Waals surface area (Å²) >= 11 is 0. The average Bonchev–Trinajstić information content (AvgIpc) is 2.81. The van der Waals surface area contributed by atoms with E-state index < -0.39 is 0 Å². The molecular formula is C13H12O2. The normalized spacial score (nSPS) is 72.3. The molecule has 2 heteroatoms. The summed E-state index contributed by atoms with van der Waals surface area (Å²) in [5.41, 5.74) is 0.524. The van der Waals surface area contributed by atoms with Crippen LogP contribution in [0.1, 0.15) is 12.8 Å². The largest absolute Gasteiger partial charge is 0.299 e. The van der Waals surface area contributed by atoms with Crippen molar-refractivity contribution in [2.24, 2.45) is 52.8 Å². The first kappa shape index (κ1) is 6.82. The third-order valence-corrected chi connectivity index (χ3v) is 7.12. The lowest BCUT2D eigenvalue weighted by Gasteiger charge is -2.42. The molecule has 15 heavy (non-hydrogen) atoms. The van der Waals surface area contributed by atoms with Gasteiger partial charge in [-0.15, -0.1) is 0 Å². The predicted octanol–water partition coefficient (Wildman–Crippen LogP) is 0.902. The number of carbonyl (C=O) groups is 2. The van der Waals surface area contributed by atoms with E-state index in [1.807, 2.05) is 0 Å². The van der Waals surface area contributed by atoms with Gasteiger partial charge in [0.15, 0.2) is 0 Å². The molecule has 6 fully saturated rings. The molecule has 0 aromatic carbocycles. The zero-order chi connectivity index (χ0) is 9.69. The SMILES string of the molecule is O=C1C2C3C(=O)C4C1C1C2C3C4C12CC2. The molecule has 0 saturated heterocycles. The van der Waals surface area contributed by atoms with Gasteiger partial charge in [-0.3, -0.25) is 9.59 Å². The summed E-state index contributed by atoms with van der Waals surface area (Å²) in [4.78, 5) is 24.4. The molecule has 6 aliphatic rings. The fourth-order valence-corrected chi connectivity index (χ4v) is 7.06. The van der Waals surface area contributed by atoms with Gasteiger partial charge in [0, 0.05) is 23.7 Å². The second-order valence-corrected chi connectivity index (χ2v) is 6.85. The van der Waals surface area contributed by atoms with Crippen LogP contribution in [0, 0.1) is 52.8 Å². The third kappa shape index (κ3) is 0.367. The number of Topliss-reactive ketones (excluding diaryl/α,β-unsaturated/α-hetero) is 2. The van der Waals surface area contributed by atoms with Crippen molar-refractivity contribution in [3.8, 4) is 0 Å². The van der Waals surface area contributed by atoms with Crippen LogP contribution < -0.4 is 0 Å². The highest BCUT2D eigenvalue weighted by Gasteiger charge is 2.92. The molecule has 8 unspecified atom stereocenters. The van der Waals surface area contributed by atoms with Gasteiger partial charge in [0.25, 0.3) is 0 Å². The molecule has 0 heterocycles. The Hall–Kier alpha value is -0.660.